The van der Waals surface area contributed by atoms with Gasteiger partial charge < -0.3 is 4.74 Å². The Labute approximate surface area is 108 Å². The smallest absolute Gasteiger partial charge is 0.168 e. The van der Waals surface area contributed by atoms with Crippen LogP contribution < -0.4 is 0 Å². The monoisotopic (exact) mass is 248 g/mol. The number of rotatable bonds is 4. The van der Waals surface area contributed by atoms with Gasteiger partial charge in [0.2, 0.25) is 0 Å². The molecule has 18 heavy (non-hydrogen) atoms. The number of carbonyl (C=O) groups is 1. The lowest BCUT2D eigenvalue weighted by atomic mass is 9.79. The van der Waals surface area contributed by atoms with Crippen LogP contribution in [0.3, 0.4) is 0 Å². The lowest BCUT2D eigenvalue weighted by Crippen LogP contribution is -2.36. The number of aromatic nitrogens is 2. The molecule has 0 unspecified atom stereocenters. The van der Waals surface area contributed by atoms with E-state index in [-0.39, 0.29) is 5.60 Å². The van der Waals surface area contributed by atoms with Crippen molar-refractivity contribution in [3.63, 3.8) is 0 Å². The van der Waals surface area contributed by atoms with Gasteiger partial charge in [0.1, 0.15) is 11.3 Å². The minimum atomic E-state index is -0.389. The Balaban J connectivity index is 2.31. The third-order valence-corrected chi connectivity index (χ3v) is 3.71. The zero-order valence-corrected chi connectivity index (χ0v) is 11.1. The summed E-state index contributed by atoms with van der Waals surface area (Å²) in [6.07, 6.45) is 6.51. The first kappa shape index (κ1) is 13.1. The highest BCUT2D eigenvalue weighted by Crippen LogP contribution is 2.40. The second kappa shape index (κ2) is 5.57. The number of aldehydes is 1. The molecule has 1 aliphatic carbocycles. The summed E-state index contributed by atoms with van der Waals surface area (Å²) in [4.78, 5) is 19.5. The fraction of sp³-hybridized carbons (Fsp3) is 0.643. The Morgan fingerprint density at radius 1 is 1.50 bits per heavy atom. The number of carbonyl (C=O) groups excluding carboxylic acids is 1. The molecule has 0 aromatic carbocycles. The Morgan fingerprint density at radius 2 is 2.22 bits per heavy atom. The van der Waals surface area contributed by atoms with E-state index in [4.69, 9.17) is 4.74 Å². The molecule has 4 heteroatoms. The maximum atomic E-state index is 10.8. The van der Waals surface area contributed by atoms with Gasteiger partial charge in [0, 0.05) is 12.8 Å². The van der Waals surface area contributed by atoms with Crippen LogP contribution in [0.5, 0.6) is 0 Å². The molecule has 0 radical (unpaired) electrons. The standard InChI is InChI=1S/C14H20N2O2/c1-3-18-14(7-4-11(2)5-8-14)13-15-9-6-12(10-17)16-13/h6,9-11H,3-5,7-8H2,1-2H3. The minimum absolute atomic E-state index is 0.389. The van der Waals surface area contributed by atoms with Crippen LogP contribution in [0.15, 0.2) is 12.3 Å². The third kappa shape index (κ3) is 2.58. The molecule has 1 saturated carbocycles. The molecule has 0 atom stereocenters. The first-order chi connectivity index (χ1) is 8.70. The summed E-state index contributed by atoms with van der Waals surface area (Å²) in [5.74, 6) is 1.40. The van der Waals surface area contributed by atoms with Crippen molar-refractivity contribution in [1.29, 1.82) is 0 Å². The van der Waals surface area contributed by atoms with Crippen LogP contribution in [0.1, 0.15) is 55.8 Å². The van der Waals surface area contributed by atoms with Gasteiger partial charge in [-0.15, -0.1) is 0 Å². The first-order valence-electron chi connectivity index (χ1n) is 6.63. The molecule has 1 fully saturated rings. The van der Waals surface area contributed by atoms with Crippen molar-refractivity contribution in [3.05, 3.63) is 23.8 Å². The number of ether oxygens (including phenoxy) is 1. The molecule has 2 rings (SSSR count). The van der Waals surface area contributed by atoms with E-state index in [1.165, 1.54) is 0 Å². The number of hydrogen-bond acceptors (Lipinski definition) is 4. The van der Waals surface area contributed by atoms with E-state index in [1.54, 1.807) is 12.3 Å². The van der Waals surface area contributed by atoms with Crippen LogP contribution in [-0.4, -0.2) is 22.9 Å². The molecular formula is C14H20N2O2. The van der Waals surface area contributed by atoms with Gasteiger partial charge in [-0.1, -0.05) is 6.92 Å². The molecule has 1 heterocycles. The summed E-state index contributed by atoms with van der Waals surface area (Å²) in [6.45, 7) is 4.89. The summed E-state index contributed by atoms with van der Waals surface area (Å²) < 4.78 is 5.96. The van der Waals surface area contributed by atoms with Crippen molar-refractivity contribution in [2.45, 2.75) is 45.1 Å². The SMILES string of the molecule is CCOC1(c2nccc(C=O)n2)CCC(C)CC1. The zero-order chi connectivity index (χ0) is 13.0. The second-order valence-corrected chi connectivity index (χ2v) is 5.03. The average Bonchev–Trinajstić information content (AvgIpc) is 2.42. The highest BCUT2D eigenvalue weighted by Gasteiger charge is 2.39. The Morgan fingerprint density at radius 3 is 2.83 bits per heavy atom. The zero-order valence-electron chi connectivity index (χ0n) is 11.1. The average molecular weight is 248 g/mol. The van der Waals surface area contributed by atoms with E-state index in [1.807, 2.05) is 6.92 Å². The molecule has 0 bridgehead atoms. The van der Waals surface area contributed by atoms with Gasteiger partial charge in [0.05, 0.1) is 0 Å². The van der Waals surface area contributed by atoms with E-state index in [2.05, 4.69) is 16.9 Å². The van der Waals surface area contributed by atoms with Crippen molar-refractivity contribution in [2.75, 3.05) is 6.61 Å². The lowest BCUT2D eigenvalue weighted by molar-refractivity contribution is -0.0837. The maximum Gasteiger partial charge on any atom is 0.168 e. The Kier molecular flexibility index (Phi) is 4.07. The van der Waals surface area contributed by atoms with Gasteiger partial charge >= 0.3 is 0 Å². The molecule has 1 aliphatic rings. The van der Waals surface area contributed by atoms with Crippen LogP contribution in [0, 0.1) is 5.92 Å². The fourth-order valence-corrected chi connectivity index (χ4v) is 2.60. The molecule has 1 aromatic rings. The van der Waals surface area contributed by atoms with Crippen LogP contribution in [0.25, 0.3) is 0 Å². The molecular weight excluding hydrogens is 228 g/mol. The summed E-state index contributed by atoms with van der Waals surface area (Å²) >= 11 is 0. The minimum Gasteiger partial charge on any atom is -0.367 e. The summed E-state index contributed by atoms with van der Waals surface area (Å²) in [6, 6.07) is 1.63. The summed E-state index contributed by atoms with van der Waals surface area (Å²) in [7, 11) is 0. The highest BCUT2D eigenvalue weighted by molar-refractivity contribution is 5.71. The van der Waals surface area contributed by atoms with Crippen LogP contribution in [-0.2, 0) is 10.3 Å². The topological polar surface area (TPSA) is 52.1 Å². The Hall–Kier alpha value is -1.29. The summed E-state index contributed by atoms with van der Waals surface area (Å²) in [5, 5.41) is 0. The summed E-state index contributed by atoms with van der Waals surface area (Å²) in [5.41, 5.74) is 0.0398. The van der Waals surface area contributed by atoms with E-state index in [0.717, 1.165) is 37.9 Å². The molecule has 0 spiro atoms. The molecule has 0 amide bonds. The van der Waals surface area contributed by atoms with Crippen LogP contribution in [0.4, 0.5) is 0 Å². The van der Waals surface area contributed by atoms with Crippen molar-refractivity contribution in [2.24, 2.45) is 5.92 Å². The maximum absolute atomic E-state index is 10.8. The van der Waals surface area contributed by atoms with Crippen molar-refractivity contribution in [1.82, 2.24) is 9.97 Å². The van der Waals surface area contributed by atoms with E-state index in [9.17, 15) is 4.79 Å². The van der Waals surface area contributed by atoms with Gasteiger partial charge in [-0.25, -0.2) is 9.97 Å². The predicted octanol–water partition coefficient (Wildman–Crippen LogP) is 2.73. The number of hydrogen-bond donors (Lipinski definition) is 0. The largest absolute Gasteiger partial charge is 0.367 e. The van der Waals surface area contributed by atoms with Gasteiger partial charge in [0.15, 0.2) is 12.1 Å². The molecule has 98 valence electrons. The molecule has 1 aromatic heterocycles. The van der Waals surface area contributed by atoms with Gasteiger partial charge in [-0.05, 0) is 44.6 Å². The van der Waals surface area contributed by atoms with E-state index >= 15 is 0 Å². The van der Waals surface area contributed by atoms with E-state index in [0.29, 0.717) is 18.1 Å². The predicted molar refractivity (Wildman–Crippen MR) is 68.4 cm³/mol. The van der Waals surface area contributed by atoms with Gasteiger partial charge in [-0.3, -0.25) is 4.79 Å². The Bertz CT molecular complexity index is 412. The number of nitrogens with zero attached hydrogens (tertiary/aromatic N) is 2. The van der Waals surface area contributed by atoms with E-state index < -0.39 is 0 Å². The van der Waals surface area contributed by atoms with Crippen molar-refractivity contribution >= 4 is 6.29 Å². The van der Waals surface area contributed by atoms with Gasteiger partial charge in [-0.2, -0.15) is 0 Å². The first-order valence-corrected chi connectivity index (χ1v) is 6.63. The highest BCUT2D eigenvalue weighted by atomic mass is 16.5. The quantitative estimate of drug-likeness (QED) is 0.769. The van der Waals surface area contributed by atoms with Crippen molar-refractivity contribution < 1.29 is 9.53 Å². The van der Waals surface area contributed by atoms with Gasteiger partial charge in [0.25, 0.3) is 0 Å². The normalized spacial score (nSPS) is 28.0. The molecule has 0 N–H and O–H groups in total. The second-order valence-electron chi connectivity index (χ2n) is 5.03. The van der Waals surface area contributed by atoms with Crippen molar-refractivity contribution in [3.8, 4) is 0 Å². The third-order valence-electron chi connectivity index (χ3n) is 3.71. The fourth-order valence-electron chi connectivity index (χ4n) is 2.60. The lowest BCUT2D eigenvalue weighted by Gasteiger charge is -2.37. The molecule has 0 aliphatic heterocycles. The molecule has 0 saturated heterocycles. The van der Waals surface area contributed by atoms with Crippen LogP contribution >= 0.6 is 0 Å². The van der Waals surface area contributed by atoms with Crippen LogP contribution in [0.2, 0.25) is 0 Å². The molecule has 4 nitrogen and oxygen atoms in total.